The molecule has 0 aliphatic heterocycles. The predicted octanol–water partition coefficient (Wildman–Crippen LogP) is 3.90. The van der Waals surface area contributed by atoms with Crippen molar-refractivity contribution < 1.29 is 0 Å². The van der Waals surface area contributed by atoms with Gasteiger partial charge in [0, 0.05) is 17.0 Å². The Bertz CT molecular complexity index is 731. The fraction of sp³-hybridized carbons (Fsp3) is 0.143. The highest BCUT2D eigenvalue weighted by atomic mass is 35.5. The SMILES string of the molecule is Cc1ccc(-c2nc3c(Cl)cccc3[nH]2)c(C)n1. The highest BCUT2D eigenvalue weighted by Gasteiger charge is 2.10. The molecule has 18 heavy (non-hydrogen) atoms. The van der Waals surface area contributed by atoms with Gasteiger partial charge in [-0.05, 0) is 38.1 Å². The molecular formula is C14H12ClN3. The summed E-state index contributed by atoms with van der Waals surface area (Å²) in [5.74, 6) is 0.808. The van der Waals surface area contributed by atoms with E-state index in [4.69, 9.17) is 11.6 Å². The lowest BCUT2D eigenvalue weighted by molar-refractivity contribution is 1.11. The number of rotatable bonds is 1. The number of fused-ring (bicyclic) bond motifs is 1. The van der Waals surface area contributed by atoms with Gasteiger partial charge < -0.3 is 4.98 Å². The quantitative estimate of drug-likeness (QED) is 0.718. The Morgan fingerprint density at radius 1 is 1.06 bits per heavy atom. The summed E-state index contributed by atoms with van der Waals surface area (Å²) in [5.41, 5.74) is 4.72. The highest BCUT2D eigenvalue weighted by molar-refractivity contribution is 6.34. The first-order valence-electron chi connectivity index (χ1n) is 5.74. The summed E-state index contributed by atoms with van der Waals surface area (Å²) < 4.78 is 0. The van der Waals surface area contributed by atoms with Crippen LogP contribution in [0, 0.1) is 13.8 Å². The zero-order valence-electron chi connectivity index (χ0n) is 10.2. The Kier molecular flexibility index (Phi) is 2.56. The van der Waals surface area contributed by atoms with Gasteiger partial charge in [-0.25, -0.2) is 4.98 Å². The van der Waals surface area contributed by atoms with E-state index in [-0.39, 0.29) is 0 Å². The number of hydrogen-bond donors (Lipinski definition) is 1. The molecule has 0 saturated heterocycles. The third-order valence-electron chi connectivity index (χ3n) is 2.94. The highest BCUT2D eigenvalue weighted by Crippen LogP contribution is 2.26. The van der Waals surface area contributed by atoms with Gasteiger partial charge in [0.2, 0.25) is 0 Å². The number of para-hydroxylation sites is 1. The molecule has 2 heterocycles. The first-order valence-corrected chi connectivity index (χ1v) is 6.12. The Labute approximate surface area is 110 Å². The molecule has 3 aromatic rings. The largest absolute Gasteiger partial charge is 0.338 e. The molecule has 3 rings (SSSR count). The summed E-state index contributed by atoms with van der Waals surface area (Å²) in [6.45, 7) is 3.96. The topological polar surface area (TPSA) is 41.6 Å². The lowest BCUT2D eigenvalue weighted by Gasteiger charge is -2.02. The summed E-state index contributed by atoms with van der Waals surface area (Å²) in [6.07, 6.45) is 0. The van der Waals surface area contributed by atoms with Crippen molar-refractivity contribution in [3.8, 4) is 11.4 Å². The normalized spacial score (nSPS) is 11.1. The van der Waals surface area contributed by atoms with Gasteiger partial charge in [-0.3, -0.25) is 4.98 Å². The van der Waals surface area contributed by atoms with Crippen LogP contribution in [0.4, 0.5) is 0 Å². The molecule has 0 aliphatic carbocycles. The van der Waals surface area contributed by atoms with Crippen molar-refractivity contribution in [3.05, 3.63) is 46.7 Å². The van der Waals surface area contributed by atoms with Crippen molar-refractivity contribution in [2.45, 2.75) is 13.8 Å². The number of nitrogens with one attached hydrogen (secondary N) is 1. The Morgan fingerprint density at radius 2 is 1.89 bits per heavy atom. The molecule has 90 valence electrons. The van der Waals surface area contributed by atoms with Gasteiger partial charge in [-0.1, -0.05) is 17.7 Å². The molecule has 0 amide bonds. The minimum atomic E-state index is 0.660. The zero-order chi connectivity index (χ0) is 12.7. The maximum Gasteiger partial charge on any atom is 0.140 e. The van der Waals surface area contributed by atoms with E-state index in [0.717, 1.165) is 33.8 Å². The fourth-order valence-corrected chi connectivity index (χ4v) is 2.28. The third kappa shape index (κ3) is 1.77. The van der Waals surface area contributed by atoms with Gasteiger partial charge in [0.15, 0.2) is 0 Å². The molecule has 0 atom stereocenters. The number of benzene rings is 1. The second kappa shape index (κ2) is 4.10. The van der Waals surface area contributed by atoms with E-state index in [1.807, 2.05) is 44.2 Å². The third-order valence-corrected chi connectivity index (χ3v) is 3.25. The standard InChI is InChI=1S/C14H12ClN3/c1-8-6-7-10(9(2)16-8)14-17-12-5-3-4-11(15)13(12)18-14/h3-7H,1-2H3,(H,17,18). The number of halogens is 1. The first-order chi connectivity index (χ1) is 8.65. The van der Waals surface area contributed by atoms with Crippen molar-refractivity contribution >= 4 is 22.6 Å². The molecule has 1 aromatic carbocycles. The molecule has 4 heteroatoms. The molecular weight excluding hydrogens is 246 g/mol. The predicted molar refractivity (Wildman–Crippen MR) is 73.8 cm³/mol. The molecule has 0 saturated carbocycles. The van der Waals surface area contributed by atoms with Crippen LogP contribution in [-0.4, -0.2) is 15.0 Å². The van der Waals surface area contributed by atoms with Gasteiger partial charge >= 0.3 is 0 Å². The van der Waals surface area contributed by atoms with Crippen LogP contribution in [0.2, 0.25) is 5.02 Å². The van der Waals surface area contributed by atoms with Crippen LogP contribution >= 0.6 is 11.6 Å². The van der Waals surface area contributed by atoms with Gasteiger partial charge in [-0.15, -0.1) is 0 Å². The minimum Gasteiger partial charge on any atom is -0.338 e. The van der Waals surface area contributed by atoms with E-state index in [9.17, 15) is 0 Å². The molecule has 0 aliphatic rings. The molecule has 3 nitrogen and oxygen atoms in total. The van der Waals surface area contributed by atoms with Gasteiger partial charge in [0.05, 0.1) is 10.5 Å². The van der Waals surface area contributed by atoms with Gasteiger partial charge in [0.25, 0.3) is 0 Å². The molecule has 0 radical (unpaired) electrons. The molecule has 0 bridgehead atoms. The summed E-state index contributed by atoms with van der Waals surface area (Å²) in [6, 6.07) is 9.73. The van der Waals surface area contributed by atoms with Crippen LogP contribution in [0.25, 0.3) is 22.4 Å². The molecule has 0 fully saturated rings. The van der Waals surface area contributed by atoms with Crippen LogP contribution in [0.15, 0.2) is 30.3 Å². The van der Waals surface area contributed by atoms with E-state index in [1.165, 1.54) is 0 Å². The number of hydrogen-bond acceptors (Lipinski definition) is 2. The van der Waals surface area contributed by atoms with Gasteiger partial charge in [0.1, 0.15) is 11.3 Å². The molecule has 0 unspecified atom stereocenters. The van der Waals surface area contributed by atoms with Crippen molar-refractivity contribution in [1.29, 1.82) is 0 Å². The van der Waals surface area contributed by atoms with Crippen LogP contribution in [-0.2, 0) is 0 Å². The number of H-pyrrole nitrogens is 1. The van der Waals surface area contributed by atoms with Crippen LogP contribution in [0.5, 0.6) is 0 Å². The van der Waals surface area contributed by atoms with Crippen molar-refractivity contribution in [3.63, 3.8) is 0 Å². The lowest BCUT2D eigenvalue weighted by Crippen LogP contribution is -1.91. The molecule has 0 spiro atoms. The lowest BCUT2D eigenvalue weighted by atomic mass is 10.2. The van der Waals surface area contributed by atoms with Crippen LogP contribution in [0.1, 0.15) is 11.4 Å². The van der Waals surface area contributed by atoms with Crippen molar-refractivity contribution in [1.82, 2.24) is 15.0 Å². The average Bonchev–Trinajstić information content (AvgIpc) is 2.74. The van der Waals surface area contributed by atoms with Crippen molar-refractivity contribution in [2.75, 3.05) is 0 Å². The number of aryl methyl sites for hydroxylation is 2. The number of imidazole rings is 1. The van der Waals surface area contributed by atoms with E-state index in [0.29, 0.717) is 5.02 Å². The second-order valence-corrected chi connectivity index (χ2v) is 4.71. The first kappa shape index (κ1) is 11.2. The molecule has 2 aromatic heterocycles. The number of pyridine rings is 1. The number of aromatic nitrogens is 3. The Balaban J connectivity index is 2.23. The summed E-state index contributed by atoms with van der Waals surface area (Å²) in [4.78, 5) is 12.3. The van der Waals surface area contributed by atoms with Crippen LogP contribution < -0.4 is 0 Å². The summed E-state index contributed by atoms with van der Waals surface area (Å²) >= 11 is 6.12. The van der Waals surface area contributed by atoms with Gasteiger partial charge in [-0.2, -0.15) is 0 Å². The second-order valence-electron chi connectivity index (χ2n) is 4.31. The number of nitrogens with zero attached hydrogens (tertiary/aromatic N) is 2. The van der Waals surface area contributed by atoms with Crippen LogP contribution in [0.3, 0.4) is 0 Å². The maximum atomic E-state index is 6.12. The van der Waals surface area contributed by atoms with E-state index in [2.05, 4.69) is 15.0 Å². The van der Waals surface area contributed by atoms with E-state index < -0.39 is 0 Å². The summed E-state index contributed by atoms with van der Waals surface area (Å²) in [5, 5.41) is 0.660. The fourth-order valence-electron chi connectivity index (χ4n) is 2.06. The van der Waals surface area contributed by atoms with E-state index >= 15 is 0 Å². The Hall–Kier alpha value is -1.87. The zero-order valence-corrected chi connectivity index (χ0v) is 10.9. The van der Waals surface area contributed by atoms with Crippen molar-refractivity contribution in [2.24, 2.45) is 0 Å². The average molecular weight is 258 g/mol. The summed E-state index contributed by atoms with van der Waals surface area (Å²) in [7, 11) is 0. The monoisotopic (exact) mass is 257 g/mol. The van der Waals surface area contributed by atoms with E-state index in [1.54, 1.807) is 0 Å². The Morgan fingerprint density at radius 3 is 2.61 bits per heavy atom. The smallest absolute Gasteiger partial charge is 0.140 e. The minimum absolute atomic E-state index is 0.660. The molecule has 1 N–H and O–H groups in total. The maximum absolute atomic E-state index is 6.12. The number of aromatic amines is 1.